The van der Waals surface area contributed by atoms with Crippen LogP contribution in [0.3, 0.4) is 0 Å². The van der Waals surface area contributed by atoms with Gasteiger partial charge < -0.3 is 20.5 Å². The van der Waals surface area contributed by atoms with Crippen molar-refractivity contribution >= 4 is 46.1 Å². The molecule has 210 valence electrons. The molecule has 0 aliphatic heterocycles. The van der Waals surface area contributed by atoms with Crippen LogP contribution in [0.1, 0.15) is 44.4 Å². The quantitative estimate of drug-likeness (QED) is 0.232. The first-order valence-corrected chi connectivity index (χ1v) is 14.2. The van der Waals surface area contributed by atoms with E-state index in [9.17, 15) is 19.5 Å². The van der Waals surface area contributed by atoms with Gasteiger partial charge in [-0.1, -0.05) is 55.0 Å². The number of alkyl carbamates (subject to hydrolysis) is 1. The molecule has 9 heteroatoms. The zero-order valence-corrected chi connectivity index (χ0v) is 24.2. The second kappa shape index (κ2) is 13.3. The fourth-order valence-corrected chi connectivity index (χ4v) is 4.63. The fraction of sp³-hybridized carbons (Fsp3) is 0.323. The largest absolute Gasteiger partial charge is 0.507 e. The Kier molecular flexibility index (Phi) is 10.1. The predicted molar refractivity (Wildman–Crippen MR) is 160 cm³/mol. The van der Waals surface area contributed by atoms with Gasteiger partial charge in [0, 0.05) is 17.3 Å². The zero-order valence-electron chi connectivity index (χ0n) is 23.4. The highest BCUT2D eigenvalue weighted by Crippen LogP contribution is 2.33. The number of anilines is 1. The van der Waals surface area contributed by atoms with Crippen LogP contribution in [-0.2, 0) is 14.3 Å². The first-order chi connectivity index (χ1) is 18.9. The number of carbonyl (C=O) groups excluding carboxylic acids is 3. The van der Waals surface area contributed by atoms with Gasteiger partial charge in [-0.3, -0.25) is 14.5 Å². The number of nitrogens with one attached hydrogen (secondary N) is 2. The minimum atomic E-state index is -1.39. The van der Waals surface area contributed by atoms with Crippen LogP contribution in [-0.4, -0.2) is 51.6 Å². The number of phenolic OH excluding ortho intramolecular Hbond substituents is 1. The Morgan fingerprint density at radius 2 is 1.77 bits per heavy atom. The van der Waals surface area contributed by atoms with Crippen LogP contribution in [0, 0.1) is 19.4 Å². The highest BCUT2D eigenvalue weighted by atomic mass is 32.2. The molecule has 2 unspecified atom stereocenters. The minimum absolute atomic E-state index is 0.157. The maximum absolute atomic E-state index is 13.9. The second-order valence-electron chi connectivity index (χ2n) is 10.3. The molecule has 0 aromatic heterocycles. The van der Waals surface area contributed by atoms with Gasteiger partial charge in [-0.15, -0.1) is 0 Å². The summed E-state index contributed by atoms with van der Waals surface area (Å²) in [6.45, 7) is 6.83. The maximum Gasteiger partial charge on any atom is 0.408 e. The summed E-state index contributed by atoms with van der Waals surface area (Å²) in [5.41, 5.74) is 0.385. The molecule has 0 fully saturated rings. The van der Waals surface area contributed by atoms with Gasteiger partial charge in [-0.25, -0.2) is 4.79 Å². The van der Waals surface area contributed by atoms with Crippen molar-refractivity contribution in [3.05, 3.63) is 71.8 Å². The average Bonchev–Trinajstić information content (AvgIpc) is 2.90. The number of ether oxygens (including phenoxy) is 1. The Bertz CT molecular complexity index is 1430. The predicted octanol–water partition coefficient (Wildman–Crippen LogP) is 5.60. The first-order valence-electron chi connectivity index (χ1n) is 12.8. The van der Waals surface area contributed by atoms with Gasteiger partial charge in [0.15, 0.2) is 6.04 Å². The van der Waals surface area contributed by atoms with Crippen LogP contribution in [0.25, 0.3) is 10.8 Å². The van der Waals surface area contributed by atoms with E-state index in [0.717, 1.165) is 15.7 Å². The molecule has 3 amide bonds. The highest BCUT2D eigenvalue weighted by molar-refractivity contribution is 7.98. The van der Waals surface area contributed by atoms with E-state index >= 15 is 0 Å². The van der Waals surface area contributed by atoms with E-state index in [4.69, 9.17) is 11.2 Å². The third kappa shape index (κ3) is 7.70. The molecule has 0 heterocycles. The summed E-state index contributed by atoms with van der Waals surface area (Å²) in [6, 6.07) is 17.9. The number of terminal acetylenes is 1. The molecule has 0 saturated heterocycles. The van der Waals surface area contributed by atoms with Crippen molar-refractivity contribution in [3.8, 4) is 18.2 Å². The molecule has 2 atom stereocenters. The molecule has 0 radical (unpaired) electrons. The van der Waals surface area contributed by atoms with Crippen LogP contribution in [0.2, 0.25) is 0 Å². The van der Waals surface area contributed by atoms with E-state index in [2.05, 4.69) is 16.7 Å². The summed E-state index contributed by atoms with van der Waals surface area (Å²) in [6.07, 6.45) is 7.19. The van der Waals surface area contributed by atoms with Crippen LogP contribution in [0.4, 0.5) is 10.5 Å². The van der Waals surface area contributed by atoms with Crippen molar-refractivity contribution in [3.63, 3.8) is 0 Å². The standard InChI is InChI=1S/C31H35N3O5S/c1-7-34(29(37)25(17-18-40-6)33-30(38)39-31(3,4)5)26(24-14-10-11-20(2)27(24)35)28(36)32-23-16-15-21-12-8-9-13-22(21)19-23/h1,8-16,19,25-26,35H,17-18H2,2-6H3,(H,32,36)(H,33,38). The molecule has 3 aromatic carbocycles. The number of aromatic hydroxyl groups is 1. The molecular weight excluding hydrogens is 526 g/mol. The Labute approximate surface area is 239 Å². The van der Waals surface area contributed by atoms with Crippen molar-refractivity contribution in [2.24, 2.45) is 0 Å². The van der Waals surface area contributed by atoms with E-state index < -0.39 is 35.6 Å². The number of rotatable bonds is 9. The Balaban J connectivity index is 2.01. The van der Waals surface area contributed by atoms with Crippen molar-refractivity contribution in [1.29, 1.82) is 0 Å². The number of fused-ring (bicyclic) bond motifs is 1. The average molecular weight is 562 g/mol. The lowest BCUT2D eigenvalue weighted by atomic mass is 9.99. The summed E-state index contributed by atoms with van der Waals surface area (Å²) in [5, 5.41) is 18.3. The van der Waals surface area contributed by atoms with Gasteiger partial charge >= 0.3 is 6.09 Å². The minimum Gasteiger partial charge on any atom is -0.507 e. The molecule has 3 rings (SSSR count). The molecular formula is C31H35N3O5S. The fourth-order valence-electron chi connectivity index (χ4n) is 4.15. The van der Waals surface area contributed by atoms with E-state index in [1.165, 1.54) is 11.8 Å². The van der Waals surface area contributed by atoms with Crippen LogP contribution < -0.4 is 10.6 Å². The molecule has 0 aliphatic carbocycles. The number of aryl methyl sites for hydroxylation is 1. The van der Waals surface area contributed by atoms with Crippen molar-refractivity contribution < 1.29 is 24.2 Å². The van der Waals surface area contributed by atoms with Crippen molar-refractivity contribution in [1.82, 2.24) is 10.2 Å². The smallest absolute Gasteiger partial charge is 0.408 e. The third-order valence-electron chi connectivity index (χ3n) is 6.06. The van der Waals surface area contributed by atoms with Crippen molar-refractivity contribution in [2.45, 2.75) is 51.8 Å². The number of carbonyl (C=O) groups is 3. The normalized spacial score (nSPS) is 12.6. The Morgan fingerprint density at radius 3 is 2.42 bits per heavy atom. The van der Waals surface area contributed by atoms with Crippen LogP contribution >= 0.6 is 11.8 Å². The Hall–Kier alpha value is -4.16. The summed E-state index contributed by atoms with van der Waals surface area (Å²) < 4.78 is 5.35. The second-order valence-corrected chi connectivity index (χ2v) is 11.3. The van der Waals surface area contributed by atoms with Gasteiger partial charge in [-0.2, -0.15) is 11.8 Å². The molecule has 0 bridgehead atoms. The summed E-state index contributed by atoms with van der Waals surface area (Å²) in [4.78, 5) is 41.2. The highest BCUT2D eigenvalue weighted by Gasteiger charge is 2.37. The van der Waals surface area contributed by atoms with Gasteiger partial charge in [0.25, 0.3) is 11.8 Å². The van der Waals surface area contributed by atoms with E-state index in [1.54, 1.807) is 52.0 Å². The third-order valence-corrected chi connectivity index (χ3v) is 6.71. The van der Waals surface area contributed by atoms with Gasteiger partial charge in [-0.05, 0) is 74.6 Å². The molecule has 8 nitrogen and oxygen atoms in total. The van der Waals surface area contributed by atoms with E-state index in [0.29, 0.717) is 17.0 Å². The summed E-state index contributed by atoms with van der Waals surface area (Å²) in [7, 11) is 0. The number of hydrogen-bond acceptors (Lipinski definition) is 6. The number of amides is 3. The first kappa shape index (κ1) is 30.4. The monoisotopic (exact) mass is 561 g/mol. The SMILES string of the molecule is C#CN(C(=O)C(CCSC)NC(=O)OC(C)(C)C)C(C(=O)Nc1ccc2ccccc2c1)c1cccc(C)c1O. The molecule has 0 saturated carbocycles. The van der Waals surface area contributed by atoms with E-state index in [1.807, 2.05) is 42.7 Å². The van der Waals surface area contributed by atoms with Crippen LogP contribution in [0.5, 0.6) is 5.75 Å². The van der Waals surface area contributed by atoms with Gasteiger partial charge in [0.1, 0.15) is 17.4 Å². The molecule has 3 N–H and O–H groups in total. The zero-order chi connectivity index (χ0) is 29.4. The number of phenols is 1. The van der Waals surface area contributed by atoms with Crippen LogP contribution in [0.15, 0.2) is 60.7 Å². The van der Waals surface area contributed by atoms with Crippen molar-refractivity contribution in [2.75, 3.05) is 17.3 Å². The molecule has 40 heavy (non-hydrogen) atoms. The van der Waals surface area contributed by atoms with Gasteiger partial charge in [0.05, 0.1) is 0 Å². The number of nitrogens with zero attached hydrogens (tertiary/aromatic N) is 1. The maximum atomic E-state index is 13.9. The number of hydrogen-bond donors (Lipinski definition) is 3. The van der Waals surface area contributed by atoms with Gasteiger partial charge in [0.2, 0.25) is 0 Å². The lowest BCUT2D eigenvalue weighted by Gasteiger charge is -2.31. The lowest BCUT2D eigenvalue weighted by Crippen LogP contribution is -2.51. The lowest BCUT2D eigenvalue weighted by molar-refractivity contribution is -0.136. The topological polar surface area (TPSA) is 108 Å². The summed E-state index contributed by atoms with van der Waals surface area (Å²) in [5.74, 6) is -0.922. The summed E-state index contributed by atoms with van der Waals surface area (Å²) >= 11 is 1.49. The molecule has 0 spiro atoms. The molecule has 3 aromatic rings. The van der Waals surface area contributed by atoms with E-state index in [-0.39, 0.29) is 17.7 Å². The number of para-hydroxylation sites is 1. The molecule has 0 aliphatic rings. The number of benzene rings is 3. The number of thioether (sulfide) groups is 1. The Morgan fingerprint density at radius 1 is 1.07 bits per heavy atom.